The Morgan fingerprint density at radius 1 is 1.19 bits per heavy atom. The predicted molar refractivity (Wildman–Crippen MR) is 131 cm³/mol. The molecule has 8 heteroatoms. The molecule has 1 fully saturated rings. The van der Waals surface area contributed by atoms with E-state index < -0.39 is 0 Å². The first-order valence-corrected chi connectivity index (χ1v) is 12.3. The monoisotopic (exact) mass is 469 g/mol. The van der Waals surface area contributed by atoms with Crippen molar-refractivity contribution >= 4 is 35.6 Å². The number of hydrazone groups is 1. The highest BCUT2D eigenvalue weighted by Gasteiger charge is 2.18. The minimum Gasteiger partial charge on any atom is -0.484 e. The van der Waals surface area contributed by atoms with E-state index in [0.29, 0.717) is 10.3 Å². The van der Waals surface area contributed by atoms with Gasteiger partial charge in [0.1, 0.15) is 11.6 Å². The van der Waals surface area contributed by atoms with Crippen LogP contribution in [-0.2, 0) is 4.79 Å². The molecule has 1 aliphatic rings. The number of carbonyl (C=O) groups excluding carboxylic acids is 1. The summed E-state index contributed by atoms with van der Waals surface area (Å²) < 4.78 is 21.6. The van der Waals surface area contributed by atoms with E-state index in [-0.39, 0.29) is 18.3 Å². The van der Waals surface area contributed by atoms with Crippen molar-refractivity contribution in [3.8, 4) is 11.4 Å². The minimum absolute atomic E-state index is 0.119. The maximum atomic E-state index is 13.6. The van der Waals surface area contributed by atoms with E-state index in [0.717, 1.165) is 22.6 Å². The molecule has 0 bridgehead atoms. The summed E-state index contributed by atoms with van der Waals surface area (Å²) in [7, 11) is 0. The third-order valence-corrected chi connectivity index (χ3v) is 8.18. The maximum absolute atomic E-state index is 13.6. The molecule has 166 valence electrons. The number of carbonyl (C=O) groups is 1. The summed E-state index contributed by atoms with van der Waals surface area (Å²) in [4.78, 5) is 12.1. The molecule has 2 aromatic carbocycles. The van der Waals surface area contributed by atoms with Gasteiger partial charge in [0.05, 0.1) is 10.8 Å². The number of ether oxygens (including phenoxy) is 1. The lowest BCUT2D eigenvalue weighted by molar-refractivity contribution is -0.123. The van der Waals surface area contributed by atoms with Gasteiger partial charge >= 0.3 is 0 Å². The Morgan fingerprint density at radius 2 is 1.94 bits per heavy atom. The van der Waals surface area contributed by atoms with Crippen molar-refractivity contribution in [3.63, 3.8) is 0 Å². The summed E-state index contributed by atoms with van der Waals surface area (Å²) in [5.41, 5.74) is 7.20. The van der Waals surface area contributed by atoms with Crippen LogP contribution in [0.2, 0.25) is 0 Å². The summed E-state index contributed by atoms with van der Waals surface area (Å²) in [6, 6.07) is 16.3. The molecule has 1 aliphatic heterocycles. The van der Waals surface area contributed by atoms with Gasteiger partial charge in [0.2, 0.25) is 0 Å². The summed E-state index contributed by atoms with van der Waals surface area (Å²) in [6.45, 7) is 3.75. The number of thioether (sulfide) groups is 2. The quantitative estimate of drug-likeness (QED) is 0.380. The van der Waals surface area contributed by atoms with Crippen LogP contribution in [0.1, 0.15) is 27.1 Å². The van der Waals surface area contributed by atoms with Crippen LogP contribution in [0.15, 0.2) is 59.7 Å². The first-order chi connectivity index (χ1) is 15.5. The van der Waals surface area contributed by atoms with Crippen molar-refractivity contribution in [2.45, 2.75) is 18.4 Å². The largest absolute Gasteiger partial charge is 0.484 e. The lowest BCUT2D eigenvalue weighted by Crippen LogP contribution is -2.24. The topological polar surface area (TPSA) is 55.6 Å². The van der Waals surface area contributed by atoms with Crippen LogP contribution < -0.4 is 10.2 Å². The van der Waals surface area contributed by atoms with Gasteiger partial charge in [-0.05, 0) is 55.8 Å². The molecule has 0 atom stereocenters. The van der Waals surface area contributed by atoms with Gasteiger partial charge < -0.3 is 9.30 Å². The SMILES string of the molecule is Cc1cc(/C=N\NC(=O)COc2ccc(C3SCCS3)cc2)c(C)n1-c1cccc(F)c1. The Hall–Kier alpha value is -2.71. The van der Waals surface area contributed by atoms with Crippen LogP contribution in [0.5, 0.6) is 5.75 Å². The Labute approximate surface area is 195 Å². The van der Waals surface area contributed by atoms with Crippen molar-refractivity contribution in [2.75, 3.05) is 18.1 Å². The van der Waals surface area contributed by atoms with Gasteiger partial charge in [0.15, 0.2) is 6.61 Å². The van der Waals surface area contributed by atoms with E-state index in [9.17, 15) is 9.18 Å². The van der Waals surface area contributed by atoms with Gasteiger partial charge in [-0.2, -0.15) is 5.10 Å². The second-order valence-electron chi connectivity index (χ2n) is 7.37. The highest BCUT2D eigenvalue weighted by atomic mass is 32.2. The molecule has 0 radical (unpaired) electrons. The molecule has 0 saturated carbocycles. The summed E-state index contributed by atoms with van der Waals surface area (Å²) in [5.74, 6) is 2.39. The fourth-order valence-corrected chi connectivity index (χ4v) is 6.42. The number of rotatable bonds is 7. The zero-order valence-electron chi connectivity index (χ0n) is 17.9. The maximum Gasteiger partial charge on any atom is 0.277 e. The summed E-state index contributed by atoms with van der Waals surface area (Å²) in [5, 5.41) is 4.05. The Balaban J connectivity index is 1.31. The number of halogens is 1. The molecule has 1 amide bonds. The average molecular weight is 470 g/mol. The predicted octanol–water partition coefficient (Wildman–Crippen LogP) is 5.24. The summed E-state index contributed by atoms with van der Waals surface area (Å²) >= 11 is 3.91. The number of nitrogens with one attached hydrogen (secondary N) is 1. The second kappa shape index (κ2) is 10.3. The zero-order chi connectivity index (χ0) is 22.5. The van der Waals surface area contributed by atoms with Crippen LogP contribution in [0.4, 0.5) is 4.39 Å². The number of hydrogen-bond acceptors (Lipinski definition) is 5. The van der Waals surface area contributed by atoms with Crippen LogP contribution in [0.25, 0.3) is 5.69 Å². The molecule has 3 aromatic rings. The van der Waals surface area contributed by atoms with E-state index in [4.69, 9.17) is 4.74 Å². The molecular formula is C24H24FN3O2S2. The Morgan fingerprint density at radius 3 is 2.66 bits per heavy atom. The molecule has 1 saturated heterocycles. The van der Waals surface area contributed by atoms with E-state index in [1.165, 1.54) is 29.2 Å². The number of aromatic nitrogens is 1. The number of nitrogens with zero attached hydrogens (tertiary/aromatic N) is 2. The molecule has 1 N–H and O–H groups in total. The van der Waals surface area contributed by atoms with Crippen molar-refractivity contribution < 1.29 is 13.9 Å². The van der Waals surface area contributed by atoms with E-state index in [1.807, 2.05) is 66.2 Å². The highest BCUT2D eigenvalue weighted by Crippen LogP contribution is 2.45. The van der Waals surface area contributed by atoms with Crippen LogP contribution >= 0.6 is 23.5 Å². The minimum atomic E-state index is -0.342. The number of benzene rings is 2. The zero-order valence-corrected chi connectivity index (χ0v) is 19.5. The standard InChI is InChI=1S/C24H24FN3O2S2/c1-16-12-19(17(2)28(16)21-5-3-4-20(25)13-21)14-26-27-23(29)15-30-22-8-6-18(7-9-22)24-31-10-11-32-24/h3-9,12-14,24H,10-11,15H2,1-2H3,(H,27,29)/b26-14-. The van der Waals surface area contributed by atoms with Gasteiger partial charge in [0.25, 0.3) is 5.91 Å². The molecule has 0 spiro atoms. The van der Waals surface area contributed by atoms with Gasteiger partial charge in [-0.25, -0.2) is 9.82 Å². The lowest BCUT2D eigenvalue weighted by Gasteiger charge is -2.10. The Bertz CT molecular complexity index is 1120. The molecule has 32 heavy (non-hydrogen) atoms. The number of hydrogen-bond donors (Lipinski definition) is 1. The Kier molecular flexibility index (Phi) is 7.22. The van der Waals surface area contributed by atoms with Gasteiger partial charge in [-0.15, -0.1) is 23.5 Å². The third-order valence-electron chi connectivity index (χ3n) is 5.07. The van der Waals surface area contributed by atoms with Crippen molar-refractivity contribution in [1.29, 1.82) is 0 Å². The smallest absolute Gasteiger partial charge is 0.277 e. The van der Waals surface area contributed by atoms with Crippen molar-refractivity contribution in [2.24, 2.45) is 5.10 Å². The third kappa shape index (κ3) is 5.37. The lowest BCUT2D eigenvalue weighted by atomic mass is 10.2. The van der Waals surface area contributed by atoms with Crippen LogP contribution in [0, 0.1) is 19.7 Å². The molecule has 0 aliphatic carbocycles. The van der Waals surface area contributed by atoms with Gasteiger partial charge in [-0.1, -0.05) is 18.2 Å². The van der Waals surface area contributed by atoms with E-state index >= 15 is 0 Å². The van der Waals surface area contributed by atoms with Crippen molar-refractivity contribution in [1.82, 2.24) is 9.99 Å². The molecule has 4 rings (SSSR count). The fraction of sp³-hybridized carbons (Fsp3) is 0.250. The normalized spacial score (nSPS) is 14.2. The van der Waals surface area contributed by atoms with Gasteiger partial charge in [0, 0.05) is 34.1 Å². The first-order valence-electron chi connectivity index (χ1n) is 10.2. The fourth-order valence-electron chi connectivity index (χ4n) is 3.56. The molecule has 1 aromatic heterocycles. The van der Waals surface area contributed by atoms with Crippen molar-refractivity contribution in [3.05, 3.63) is 82.9 Å². The van der Waals surface area contributed by atoms with E-state index in [2.05, 4.69) is 22.7 Å². The summed E-state index contributed by atoms with van der Waals surface area (Å²) in [6.07, 6.45) is 1.59. The highest BCUT2D eigenvalue weighted by molar-refractivity contribution is 8.19. The van der Waals surface area contributed by atoms with Gasteiger partial charge in [-0.3, -0.25) is 4.79 Å². The number of amides is 1. The van der Waals surface area contributed by atoms with Crippen LogP contribution in [-0.4, -0.2) is 34.8 Å². The molecule has 2 heterocycles. The average Bonchev–Trinajstić information content (AvgIpc) is 3.41. The van der Waals surface area contributed by atoms with E-state index in [1.54, 1.807) is 12.3 Å². The second-order valence-corrected chi connectivity index (χ2v) is 10.1. The first kappa shape index (κ1) is 22.5. The molecule has 5 nitrogen and oxygen atoms in total. The number of aryl methyl sites for hydroxylation is 1. The van der Waals surface area contributed by atoms with Crippen LogP contribution in [0.3, 0.4) is 0 Å². The molecule has 0 unspecified atom stereocenters. The molecular weight excluding hydrogens is 445 g/mol.